The molecule has 7 nitrogen and oxygen atoms in total. The number of aliphatic imine (C=N–C) groups is 1. The SMILES string of the molecule is COC(=O)NC(C(=O)N1CCC[C@H]1C1=NC=C(Br)C1)C1CCOC1. The first-order chi connectivity index (χ1) is 11.6. The number of halogens is 1. The molecule has 3 aliphatic rings. The first-order valence-electron chi connectivity index (χ1n) is 8.24. The molecule has 132 valence electrons. The van der Waals surface area contributed by atoms with Gasteiger partial charge in [-0.05, 0) is 19.3 Å². The van der Waals surface area contributed by atoms with Crippen LogP contribution < -0.4 is 5.32 Å². The van der Waals surface area contributed by atoms with Gasteiger partial charge >= 0.3 is 6.09 Å². The molecular formula is C16H22BrN3O4. The van der Waals surface area contributed by atoms with Gasteiger partial charge in [0.1, 0.15) is 6.04 Å². The van der Waals surface area contributed by atoms with Crippen molar-refractivity contribution in [1.82, 2.24) is 10.2 Å². The summed E-state index contributed by atoms with van der Waals surface area (Å²) in [6.45, 7) is 1.78. The number of alkyl carbamates (subject to hydrolysis) is 1. The Morgan fingerprint density at radius 1 is 1.50 bits per heavy atom. The lowest BCUT2D eigenvalue weighted by molar-refractivity contribution is -0.134. The highest BCUT2D eigenvalue weighted by Crippen LogP contribution is 2.29. The van der Waals surface area contributed by atoms with Gasteiger partial charge in [0.05, 0.1) is 19.8 Å². The van der Waals surface area contributed by atoms with E-state index >= 15 is 0 Å². The van der Waals surface area contributed by atoms with Gasteiger partial charge in [-0.15, -0.1) is 0 Å². The molecule has 8 heteroatoms. The van der Waals surface area contributed by atoms with Crippen molar-refractivity contribution in [2.24, 2.45) is 10.9 Å². The lowest BCUT2D eigenvalue weighted by Crippen LogP contribution is -2.54. The molecule has 2 amide bonds. The summed E-state index contributed by atoms with van der Waals surface area (Å²) in [6, 6.07) is -0.605. The van der Waals surface area contributed by atoms with Crippen molar-refractivity contribution in [2.45, 2.75) is 37.8 Å². The van der Waals surface area contributed by atoms with Crippen molar-refractivity contribution >= 4 is 33.6 Å². The summed E-state index contributed by atoms with van der Waals surface area (Å²) >= 11 is 3.46. The summed E-state index contributed by atoms with van der Waals surface area (Å²) in [7, 11) is 1.30. The smallest absolute Gasteiger partial charge is 0.407 e. The molecule has 3 rings (SSSR count). The molecule has 2 unspecified atom stereocenters. The molecule has 0 aliphatic carbocycles. The van der Waals surface area contributed by atoms with Crippen molar-refractivity contribution < 1.29 is 19.1 Å². The Labute approximate surface area is 149 Å². The Kier molecular flexibility index (Phi) is 5.55. The number of carbonyl (C=O) groups excluding carboxylic acids is 2. The van der Waals surface area contributed by atoms with Gasteiger partial charge < -0.3 is 19.7 Å². The van der Waals surface area contributed by atoms with Gasteiger partial charge in [0.25, 0.3) is 0 Å². The van der Waals surface area contributed by atoms with Gasteiger partial charge in [-0.2, -0.15) is 0 Å². The fourth-order valence-electron chi connectivity index (χ4n) is 3.56. The molecule has 2 fully saturated rings. The van der Waals surface area contributed by atoms with Gasteiger partial charge in [-0.1, -0.05) is 15.9 Å². The molecule has 3 atom stereocenters. The number of amides is 2. The molecule has 0 aromatic heterocycles. The number of hydrogen-bond donors (Lipinski definition) is 1. The third-order valence-corrected chi connectivity index (χ3v) is 5.29. The maximum Gasteiger partial charge on any atom is 0.407 e. The third kappa shape index (κ3) is 3.64. The number of likely N-dealkylation sites (tertiary alicyclic amines) is 1. The zero-order chi connectivity index (χ0) is 17.1. The summed E-state index contributed by atoms with van der Waals surface area (Å²) in [5.41, 5.74) is 1.01. The molecule has 1 N–H and O–H groups in total. The first kappa shape index (κ1) is 17.4. The third-order valence-electron chi connectivity index (χ3n) is 4.80. The minimum Gasteiger partial charge on any atom is -0.453 e. The van der Waals surface area contributed by atoms with Crippen molar-refractivity contribution in [3.05, 3.63) is 10.7 Å². The van der Waals surface area contributed by atoms with Crippen LogP contribution in [0.2, 0.25) is 0 Å². The second-order valence-electron chi connectivity index (χ2n) is 6.30. The van der Waals surface area contributed by atoms with E-state index in [4.69, 9.17) is 9.47 Å². The summed E-state index contributed by atoms with van der Waals surface area (Å²) in [4.78, 5) is 31.1. The molecule has 24 heavy (non-hydrogen) atoms. The van der Waals surface area contributed by atoms with E-state index in [0.717, 1.165) is 35.9 Å². The zero-order valence-corrected chi connectivity index (χ0v) is 15.3. The normalized spacial score (nSPS) is 27.7. The van der Waals surface area contributed by atoms with E-state index in [9.17, 15) is 9.59 Å². The largest absolute Gasteiger partial charge is 0.453 e. The molecule has 0 bridgehead atoms. The van der Waals surface area contributed by atoms with E-state index in [0.29, 0.717) is 19.8 Å². The summed E-state index contributed by atoms with van der Waals surface area (Å²) in [6.07, 6.45) is 4.57. The fourth-order valence-corrected chi connectivity index (χ4v) is 3.95. The van der Waals surface area contributed by atoms with E-state index in [2.05, 4.69) is 26.2 Å². The van der Waals surface area contributed by atoms with Gasteiger partial charge in [-0.3, -0.25) is 9.79 Å². The number of nitrogens with one attached hydrogen (secondary N) is 1. The Balaban J connectivity index is 1.74. The van der Waals surface area contributed by atoms with Crippen molar-refractivity contribution in [1.29, 1.82) is 0 Å². The predicted octanol–water partition coefficient (Wildman–Crippen LogP) is 1.82. The monoisotopic (exact) mass is 399 g/mol. The molecule has 2 saturated heterocycles. The Morgan fingerprint density at radius 2 is 2.33 bits per heavy atom. The average molecular weight is 400 g/mol. The highest BCUT2D eigenvalue weighted by Gasteiger charge is 2.41. The van der Waals surface area contributed by atoms with Crippen LogP contribution in [-0.2, 0) is 14.3 Å². The number of nitrogens with zero attached hydrogens (tertiary/aromatic N) is 2. The van der Waals surface area contributed by atoms with Gasteiger partial charge in [-0.25, -0.2) is 4.79 Å². The second kappa shape index (κ2) is 7.65. The van der Waals surface area contributed by atoms with Crippen LogP contribution in [0.25, 0.3) is 0 Å². The molecule has 0 saturated carbocycles. The van der Waals surface area contributed by atoms with E-state index in [1.165, 1.54) is 7.11 Å². The minimum absolute atomic E-state index is 0.00747. The summed E-state index contributed by atoms with van der Waals surface area (Å²) in [5, 5.41) is 2.71. The highest BCUT2D eigenvalue weighted by atomic mass is 79.9. The average Bonchev–Trinajstić information content (AvgIpc) is 3.31. The Morgan fingerprint density at radius 3 is 2.96 bits per heavy atom. The standard InChI is InChI=1S/C16H22BrN3O4/c1-23-16(22)19-14(10-4-6-24-9-10)15(21)20-5-2-3-13(20)12-7-11(17)8-18-12/h8,10,13-14H,2-7,9H2,1H3,(H,19,22)/t10?,13-,14?/m0/s1. The van der Waals surface area contributed by atoms with Gasteiger partial charge in [0.2, 0.25) is 5.91 Å². The number of allylic oxidation sites excluding steroid dienone is 1. The van der Waals surface area contributed by atoms with Gasteiger partial charge in [0.15, 0.2) is 0 Å². The van der Waals surface area contributed by atoms with Gasteiger partial charge in [0, 0.05) is 41.9 Å². The summed E-state index contributed by atoms with van der Waals surface area (Å²) in [5.74, 6) is -0.0858. The van der Waals surface area contributed by atoms with E-state index < -0.39 is 12.1 Å². The Hall–Kier alpha value is -1.41. The molecule has 3 heterocycles. The van der Waals surface area contributed by atoms with Crippen LogP contribution >= 0.6 is 15.9 Å². The fraction of sp³-hybridized carbons (Fsp3) is 0.688. The molecule has 0 radical (unpaired) electrons. The van der Waals surface area contributed by atoms with Crippen LogP contribution in [-0.4, -0.2) is 61.6 Å². The molecular weight excluding hydrogens is 378 g/mol. The molecule has 0 aromatic rings. The van der Waals surface area contributed by atoms with Crippen LogP contribution in [0.15, 0.2) is 15.7 Å². The highest BCUT2D eigenvalue weighted by molar-refractivity contribution is 9.11. The van der Waals surface area contributed by atoms with Crippen LogP contribution in [0, 0.1) is 5.92 Å². The number of hydrogen-bond acceptors (Lipinski definition) is 5. The minimum atomic E-state index is -0.612. The maximum atomic E-state index is 13.1. The lowest BCUT2D eigenvalue weighted by Gasteiger charge is -2.31. The van der Waals surface area contributed by atoms with Crippen molar-refractivity contribution in [3.63, 3.8) is 0 Å². The van der Waals surface area contributed by atoms with E-state index in [1.54, 1.807) is 6.20 Å². The number of methoxy groups -OCH3 is 1. The van der Waals surface area contributed by atoms with Crippen LogP contribution in [0.3, 0.4) is 0 Å². The predicted molar refractivity (Wildman–Crippen MR) is 92.1 cm³/mol. The van der Waals surface area contributed by atoms with Crippen LogP contribution in [0.4, 0.5) is 4.79 Å². The van der Waals surface area contributed by atoms with E-state index in [-0.39, 0.29) is 17.9 Å². The second-order valence-corrected chi connectivity index (χ2v) is 7.32. The molecule has 3 aliphatic heterocycles. The molecule has 0 aromatic carbocycles. The van der Waals surface area contributed by atoms with Crippen molar-refractivity contribution in [2.75, 3.05) is 26.9 Å². The first-order valence-corrected chi connectivity index (χ1v) is 9.03. The summed E-state index contributed by atoms with van der Waals surface area (Å²) < 4.78 is 11.1. The Bertz CT molecular complexity index is 572. The number of rotatable bonds is 4. The number of ether oxygens (including phenoxy) is 2. The van der Waals surface area contributed by atoms with Crippen LogP contribution in [0.5, 0.6) is 0 Å². The maximum absolute atomic E-state index is 13.1. The van der Waals surface area contributed by atoms with Crippen LogP contribution in [0.1, 0.15) is 25.7 Å². The lowest BCUT2D eigenvalue weighted by atomic mass is 9.97. The van der Waals surface area contributed by atoms with Crippen molar-refractivity contribution in [3.8, 4) is 0 Å². The zero-order valence-electron chi connectivity index (χ0n) is 13.7. The van der Waals surface area contributed by atoms with E-state index in [1.807, 2.05) is 4.90 Å². The topological polar surface area (TPSA) is 80.2 Å². The molecule has 0 spiro atoms. The quantitative estimate of drug-likeness (QED) is 0.781. The number of carbonyl (C=O) groups is 2.